The van der Waals surface area contributed by atoms with Crippen LogP contribution in [0.4, 0.5) is 0 Å². The average Bonchev–Trinajstić information content (AvgIpc) is 3.16. The number of piperidine rings is 1. The highest BCUT2D eigenvalue weighted by Crippen LogP contribution is 2.20. The highest BCUT2D eigenvalue weighted by Gasteiger charge is 2.28. The Bertz CT molecular complexity index is 966. The Balaban J connectivity index is 1.78. The van der Waals surface area contributed by atoms with Crippen LogP contribution in [0.2, 0.25) is 0 Å². The molecule has 2 aromatic heterocycles. The molecule has 2 aromatic rings. The van der Waals surface area contributed by atoms with Crippen molar-refractivity contribution < 1.29 is 14.3 Å². The van der Waals surface area contributed by atoms with E-state index in [4.69, 9.17) is 4.74 Å². The van der Waals surface area contributed by atoms with Crippen LogP contribution in [-0.2, 0) is 27.4 Å². The van der Waals surface area contributed by atoms with Crippen molar-refractivity contribution in [3.05, 3.63) is 32.3 Å². The molecule has 0 radical (unpaired) electrons. The van der Waals surface area contributed by atoms with Crippen LogP contribution in [0.25, 0.3) is 10.2 Å². The van der Waals surface area contributed by atoms with Crippen molar-refractivity contribution in [1.29, 1.82) is 0 Å². The molecular formula is C18H23N3O5S. The second kappa shape index (κ2) is 8.08. The van der Waals surface area contributed by atoms with Gasteiger partial charge < -0.3 is 9.64 Å². The van der Waals surface area contributed by atoms with E-state index in [1.165, 1.54) is 15.9 Å². The van der Waals surface area contributed by atoms with E-state index in [-0.39, 0.29) is 36.4 Å². The van der Waals surface area contributed by atoms with Crippen LogP contribution in [0.15, 0.2) is 21.0 Å². The van der Waals surface area contributed by atoms with Crippen molar-refractivity contribution in [3.8, 4) is 0 Å². The summed E-state index contributed by atoms with van der Waals surface area (Å²) in [4.78, 5) is 51.3. The van der Waals surface area contributed by atoms with E-state index in [2.05, 4.69) is 0 Å². The van der Waals surface area contributed by atoms with E-state index in [0.29, 0.717) is 42.8 Å². The minimum atomic E-state index is -0.469. The summed E-state index contributed by atoms with van der Waals surface area (Å²) in [5, 5.41) is 1.75. The number of carbonyl (C=O) groups is 2. The van der Waals surface area contributed by atoms with Crippen LogP contribution in [0.5, 0.6) is 0 Å². The monoisotopic (exact) mass is 393 g/mol. The Morgan fingerprint density at radius 2 is 1.89 bits per heavy atom. The van der Waals surface area contributed by atoms with Gasteiger partial charge in [0.25, 0.3) is 5.56 Å². The van der Waals surface area contributed by atoms with Crippen molar-refractivity contribution in [2.24, 2.45) is 5.92 Å². The van der Waals surface area contributed by atoms with Crippen LogP contribution < -0.4 is 11.2 Å². The number of nitrogens with zero attached hydrogens (tertiary/aromatic N) is 3. The molecule has 27 heavy (non-hydrogen) atoms. The summed E-state index contributed by atoms with van der Waals surface area (Å²) in [5.41, 5.74) is -0.288. The number of rotatable bonds is 5. The first-order valence-electron chi connectivity index (χ1n) is 9.13. The fourth-order valence-corrected chi connectivity index (χ4v) is 4.27. The van der Waals surface area contributed by atoms with Gasteiger partial charge in [0.2, 0.25) is 5.91 Å². The molecule has 9 heteroatoms. The molecule has 0 aromatic carbocycles. The number of carbonyl (C=O) groups excluding carboxylic acids is 2. The summed E-state index contributed by atoms with van der Waals surface area (Å²) in [6.45, 7) is 4.91. The zero-order valence-corrected chi connectivity index (χ0v) is 16.3. The second-order valence-corrected chi connectivity index (χ2v) is 7.38. The minimum absolute atomic E-state index is 0.115. The lowest BCUT2D eigenvalue weighted by molar-refractivity contribution is -0.151. The molecule has 0 bridgehead atoms. The minimum Gasteiger partial charge on any atom is -0.466 e. The average molecular weight is 393 g/mol. The molecule has 0 saturated carbocycles. The number of likely N-dealkylation sites (tertiary alicyclic amines) is 1. The molecule has 1 aliphatic rings. The molecule has 0 atom stereocenters. The lowest BCUT2D eigenvalue weighted by atomic mass is 9.97. The van der Waals surface area contributed by atoms with Crippen LogP contribution in [-0.4, -0.2) is 45.6 Å². The molecule has 1 saturated heterocycles. The number of hydrogen-bond acceptors (Lipinski definition) is 6. The third-order valence-corrected chi connectivity index (χ3v) is 5.81. The summed E-state index contributed by atoms with van der Waals surface area (Å²) < 4.78 is 8.05. The smallest absolute Gasteiger partial charge is 0.331 e. The van der Waals surface area contributed by atoms with Crippen LogP contribution >= 0.6 is 11.3 Å². The zero-order valence-electron chi connectivity index (χ0n) is 15.5. The van der Waals surface area contributed by atoms with Crippen molar-refractivity contribution in [2.45, 2.75) is 39.8 Å². The van der Waals surface area contributed by atoms with Gasteiger partial charge in [0.15, 0.2) is 0 Å². The number of esters is 1. The fraction of sp³-hybridized carbons (Fsp3) is 0.556. The summed E-state index contributed by atoms with van der Waals surface area (Å²) in [7, 11) is 0. The van der Waals surface area contributed by atoms with Crippen LogP contribution in [0.1, 0.15) is 26.7 Å². The molecule has 146 valence electrons. The maximum absolute atomic E-state index is 12.7. The van der Waals surface area contributed by atoms with Crippen molar-refractivity contribution in [3.63, 3.8) is 0 Å². The first kappa shape index (κ1) is 19.3. The SMILES string of the molecule is CCOC(=O)C1CCN(C(=O)Cn2c(=O)n(CC)c(=O)c3sccc32)CC1. The number of aromatic nitrogens is 2. The largest absolute Gasteiger partial charge is 0.466 e. The van der Waals surface area contributed by atoms with E-state index in [9.17, 15) is 19.2 Å². The highest BCUT2D eigenvalue weighted by atomic mass is 32.1. The summed E-state index contributed by atoms with van der Waals surface area (Å²) in [5.74, 6) is -0.577. The van der Waals surface area contributed by atoms with Crippen molar-refractivity contribution >= 4 is 33.4 Å². The lowest BCUT2D eigenvalue weighted by Crippen LogP contribution is -2.45. The number of ether oxygens (including phenoxy) is 1. The molecule has 1 amide bonds. The molecule has 0 N–H and O–H groups in total. The summed E-state index contributed by atoms with van der Waals surface area (Å²) in [6.07, 6.45) is 1.11. The normalized spacial score (nSPS) is 15.3. The molecule has 0 aliphatic carbocycles. The fourth-order valence-electron chi connectivity index (χ4n) is 3.42. The van der Waals surface area contributed by atoms with Gasteiger partial charge >= 0.3 is 11.7 Å². The lowest BCUT2D eigenvalue weighted by Gasteiger charge is -2.31. The van der Waals surface area contributed by atoms with E-state index in [0.717, 1.165) is 4.57 Å². The molecule has 3 heterocycles. The maximum atomic E-state index is 12.7. The maximum Gasteiger partial charge on any atom is 0.331 e. The second-order valence-electron chi connectivity index (χ2n) is 6.46. The van der Waals surface area contributed by atoms with Gasteiger partial charge in [-0.05, 0) is 38.1 Å². The summed E-state index contributed by atoms with van der Waals surface area (Å²) >= 11 is 1.27. The van der Waals surface area contributed by atoms with E-state index >= 15 is 0 Å². The molecule has 3 rings (SSSR count). The number of fused-ring (bicyclic) bond motifs is 1. The number of amides is 1. The van der Waals surface area contributed by atoms with E-state index in [1.54, 1.807) is 30.2 Å². The Labute approximate surface area is 160 Å². The van der Waals surface area contributed by atoms with Crippen LogP contribution in [0, 0.1) is 5.92 Å². The van der Waals surface area contributed by atoms with Gasteiger partial charge in [-0.1, -0.05) is 0 Å². The van der Waals surface area contributed by atoms with Crippen LogP contribution in [0.3, 0.4) is 0 Å². The van der Waals surface area contributed by atoms with Gasteiger partial charge in [0.05, 0.1) is 18.0 Å². The Morgan fingerprint density at radius 1 is 1.19 bits per heavy atom. The standard InChI is InChI=1S/C18H23N3O5S/c1-3-20-16(23)15-13(7-10-27-15)21(18(20)25)11-14(22)19-8-5-12(6-9-19)17(24)26-4-2/h7,10,12H,3-6,8-9,11H2,1-2H3. The van der Waals surface area contributed by atoms with E-state index in [1.807, 2.05) is 0 Å². The topological polar surface area (TPSA) is 90.6 Å². The molecular weight excluding hydrogens is 370 g/mol. The van der Waals surface area contributed by atoms with Gasteiger partial charge in [-0.15, -0.1) is 11.3 Å². The van der Waals surface area contributed by atoms with Gasteiger partial charge in [-0.3, -0.25) is 23.5 Å². The third-order valence-electron chi connectivity index (χ3n) is 4.91. The first-order chi connectivity index (χ1) is 13.0. The molecule has 1 aliphatic heterocycles. The first-order valence-corrected chi connectivity index (χ1v) is 10.0. The molecule has 0 unspecified atom stereocenters. The highest BCUT2D eigenvalue weighted by molar-refractivity contribution is 7.17. The third kappa shape index (κ3) is 3.69. The van der Waals surface area contributed by atoms with Gasteiger partial charge in [0, 0.05) is 19.6 Å². The zero-order chi connectivity index (χ0) is 19.6. The number of thiophene rings is 1. The van der Waals surface area contributed by atoms with Gasteiger partial charge in [-0.25, -0.2) is 4.79 Å². The Kier molecular flexibility index (Phi) is 5.79. The quantitative estimate of drug-likeness (QED) is 0.708. The molecule has 0 spiro atoms. The summed E-state index contributed by atoms with van der Waals surface area (Å²) in [6, 6.07) is 1.70. The predicted octanol–water partition coefficient (Wildman–Crippen LogP) is 1.05. The molecule has 8 nitrogen and oxygen atoms in total. The van der Waals surface area contributed by atoms with Gasteiger partial charge in [0.1, 0.15) is 11.2 Å². The van der Waals surface area contributed by atoms with Crippen molar-refractivity contribution in [1.82, 2.24) is 14.0 Å². The number of hydrogen-bond donors (Lipinski definition) is 0. The van der Waals surface area contributed by atoms with Gasteiger partial charge in [-0.2, -0.15) is 0 Å². The predicted molar refractivity (Wildman–Crippen MR) is 102 cm³/mol. The Hall–Kier alpha value is -2.42. The molecule has 1 fully saturated rings. The van der Waals surface area contributed by atoms with E-state index < -0.39 is 5.69 Å². The van der Waals surface area contributed by atoms with Crippen molar-refractivity contribution in [2.75, 3.05) is 19.7 Å². The Morgan fingerprint density at radius 3 is 2.52 bits per heavy atom.